The molecule has 0 bridgehead atoms. The number of ether oxygens (including phenoxy) is 2. The minimum absolute atomic E-state index is 0.268. The number of rotatable bonds is 9. The minimum atomic E-state index is -1.20. The minimum Gasteiger partial charge on any atom is -0.493 e. The van der Waals surface area contributed by atoms with E-state index in [1.165, 1.54) is 7.11 Å². The predicted molar refractivity (Wildman–Crippen MR) is 114 cm³/mol. The third kappa shape index (κ3) is 4.41. The van der Waals surface area contributed by atoms with Crippen LogP contribution in [0.1, 0.15) is 51.2 Å². The summed E-state index contributed by atoms with van der Waals surface area (Å²) in [6.45, 7) is 3.33. The largest absolute Gasteiger partial charge is 0.493 e. The van der Waals surface area contributed by atoms with E-state index in [0.717, 1.165) is 4.90 Å². The highest BCUT2D eigenvalue weighted by Gasteiger charge is 2.42. The number of nitrogens with one attached hydrogen (secondary N) is 1. The smallest absolute Gasteiger partial charge is 0.322 e. The fourth-order valence-corrected chi connectivity index (χ4v) is 3.70. The van der Waals surface area contributed by atoms with E-state index in [9.17, 15) is 19.2 Å². The fourth-order valence-electron chi connectivity index (χ4n) is 3.70. The Kier molecular flexibility index (Phi) is 6.77. The van der Waals surface area contributed by atoms with Crippen molar-refractivity contribution in [1.82, 2.24) is 10.2 Å². The number of methoxy groups -OCH3 is 1. The average molecular weight is 440 g/mol. The molecule has 2 aromatic rings. The Balaban J connectivity index is 2.04. The van der Waals surface area contributed by atoms with E-state index >= 15 is 0 Å². The molecule has 32 heavy (non-hydrogen) atoms. The molecule has 0 saturated carbocycles. The van der Waals surface area contributed by atoms with Gasteiger partial charge in [-0.3, -0.25) is 24.1 Å². The molecule has 9 nitrogen and oxygen atoms in total. The highest BCUT2D eigenvalue weighted by molar-refractivity contribution is 6.22. The van der Waals surface area contributed by atoms with Crippen LogP contribution in [-0.2, 0) is 9.59 Å². The van der Waals surface area contributed by atoms with Gasteiger partial charge < -0.3 is 19.9 Å². The topological polar surface area (TPSA) is 122 Å². The Morgan fingerprint density at radius 3 is 2.50 bits per heavy atom. The van der Waals surface area contributed by atoms with E-state index in [2.05, 4.69) is 5.32 Å². The van der Waals surface area contributed by atoms with Crippen LogP contribution in [0.15, 0.2) is 36.4 Å². The van der Waals surface area contributed by atoms with Gasteiger partial charge in [0.2, 0.25) is 5.91 Å². The number of aryl methyl sites for hydroxylation is 1. The van der Waals surface area contributed by atoms with E-state index in [0.29, 0.717) is 34.8 Å². The Hall–Kier alpha value is -3.88. The first-order chi connectivity index (χ1) is 15.3. The first kappa shape index (κ1) is 22.8. The lowest BCUT2D eigenvalue weighted by atomic mass is 10.0. The van der Waals surface area contributed by atoms with Crippen LogP contribution >= 0.6 is 0 Å². The van der Waals surface area contributed by atoms with Crippen LogP contribution < -0.4 is 14.8 Å². The molecule has 1 atom stereocenters. The third-order valence-corrected chi connectivity index (χ3v) is 5.15. The van der Waals surface area contributed by atoms with Crippen molar-refractivity contribution in [1.29, 1.82) is 0 Å². The molecule has 1 unspecified atom stereocenters. The van der Waals surface area contributed by atoms with Gasteiger partial charge in [-0.25, -0.2) is 0 Å². The summed E-state index contributed by atoms with van der Waals surface area (Å²) in [5.41, 5.74) is 1.70. The number of amides is 3. The molecular weight excluding hydrogens is 416 g/mol. The second kappa shape index (κ2) is 9.51. The van der Waals surface area contributed by atoms with Gasteiger partial charge in [0, 0.05) is 0 Å². The zero-order valence-corrected chi connectivity index (χ0v) is 18.0. The summed E-state index contributed by atoms with van der Waals surface area (Å²) in [4.78, 5) is 50.8. The highest BCUT2D eigenvalue weighted by Crippen LogP contribution is 2.38. The zero-order valence-electron chi connectivity index (χ0n) is 18.0. The second-order valence-corrected chi connectivity index (χ2v) is 7.21. The van der Waals surface area contributed by atoms with Crippen LogP contribution in [0.3, 0.4) is 0 Å². The van der Waals surface area contributed by atoms with Gasteiger partial charge in [0.15, 0.2) is 11.5 Å². The van der Waals surface area contributed by atoms with Crippen LogP contribution in [0.4, 0.5) is 0 Å². The Morgan fingerprint density at radius 2 is 1.88 bits per heavy atom. The molecule has 2 N–H and O–H groups in total. The standard InChI is InChI=1S/C23H24N2O7/c1-4-32-18-10-14(8-9-17(18)31-3)16(11-19(26)24-12-20(27)28)25-22(29)15-7-5-6-13(2)21(15)23(25)30/h5-10,16H,4,11-12H2,1-3H3,(H,24,26)(H,27,28). The molecule has 3 amide bonds. The van der Waals surface area contributed by atoms with Gasteiger partial charge in [-0.05, 0) is 43.2 Å². The lowest BCUT2D eigenvalue weighted by Gasteiger charge is -2.27. The number of aliphatic carboxylic acids is 1. The lowest BCUT2D eigenvalue weighted by molar-refractivity contribution is -0.138. The van der Waals surface area contributed by atoms with E-state index in [-0.39, 0.29) is 12.0 Å². The predicted octanol–water partition coefficient (Wildman–Crippen LogP) is 2.33. The maximum atomic E-state index is 13.2. The van der Waals surface area contributed by atoms with Gasteiger partial charge in [0.1, 0.15) is 6.54 Å². The van der Waals surface area contributed by atoms with E-state index in [4.69, 9.17) is 14.6 Å². The molecule has 0 spiro atoms. The van der Waals surface area contributed by atoms with Crippen LogP contribution in [0, 0.1) is 6.92 Å². The summed E-state index contributed by atoms with van der Waals surface area (Å²) < 4.78 is 10.9. The molecule has 1 aliphatic heterocycles. The molecule has 168 valence electrons. The Morgan fingerprint density at radius 1 is 1.12 bits per heavy atom. The van der Waals surface area contributed by atoms with Gasteiger partial charge in [-0.2, -0.15) is 0 Å². The number of carboxylic acids is 1. The van der Waals surface area contributed by atoms with Gasteiger partial charge in [0.25, 0.3) is 11.8 Å². The average Bonchev–Trinajstić information content (AvgIpc) is 3.02. The highest BCUT2D eigenvalue weighted by atomic mass is 16.5. The SMILES string of the molecule is CCOc1cc(C(CC(=O)NCC(=O)O)N2C(=O)c3cccc(C)c3C2=O)ccc1OC. The molecule has 0 saturated heterocycles. The Bertz CT molecular complexity index is 1080. The van der Waals surface area contributed by atoms with Crippen molar-refractivity contribution in [2.45, 2.75) is 26.3 Å². The van der Waals surface area contributed by atoms with Gasteiger partial charge in [-0.15, -0.1) is 0 Å². The third-order valence-electron chi connectivity index (χ3n) is 5.15. The lowest BCUT2D eigenvalue weighted by Crippen LogP contribution is -2.38. The zero-order chi connectivity index (χ0) is 23.4. The van der Waals surface area contributed by atoms with Crippen molar-refractivity contribution in [3.8, 4) is 11.5 Å². The molecule has 1 heterocycles. The van der Waals surface area contributed by atoms with Crippen LogP contribution in [0.25, 0.3) is 0 Å². The number of imide groups is 1. The number of fused-ring (bicyclic) bond motifs is 1. The van der Waals surface area contributed by atoms with Crippen LogP contribution in [0.5, 0.6) is 11.5 Å². The quantitative estimate of drug-likeness (QED) is 0.574. The fraction of sp³-hybridized carbons (Fsp3) is 0.304. The molecule has 1 aliphatic rings. The number of carboxylic acid groups (broad SMARTS) is 1. The summed E-state index contributed by atoms with van der Waals surface area (Å²) in [6.07, 6.45) is -0.310. The first-order valence-corrected chi connectivity index (χ1v) is 10.0. The van der Waals surface area contributed by atoms with E-state index in [1.54, 1.807) is 50.2 Å². The second-order valence-electron chi connectivity index (χ2n) is 7.21. The normalized spacial score (nSPS) is 13.5. The van der Waals surface area contributed by atoms with Crippen molar-refractivity contribution in [3.63, 3.8) is 0 Å². The maximum absolute atomic E-state index is 13.2. The molecule has 0 fully saturated rings. The molecule has 0 aliphatic carbocycles. The van der Waals surface area contributed by atoms with Crippen LogP contribution in [0.2, 0.25) is 0 Å². The maximum Gasteiger partial charge on any atom is 0.322 e. The van der Waals surface area contributed by atoms with Crippen molar-refractivity contribution in [2.75, 3.05) is 20.3 Å². The van der Waals surface area contributed by atoms with Gasteiger partial charge in [0.05, 0.1) is 37.3 Å². The van der Waals surface area contributed by atoms with Crippen molar-refractivity contribution in [3.05, 3.63) is 58.7 Å². The van der Waals surface area contributed by atoms with E-state index in [1.807, 2.05) is 0 Å². The molecule has 3 rings (SSSR count). The van der Waals surface area contributed by atoms with Crippen molar-refractivity contribution >= 4 is 23.7 Å². The number of carbonyl (C=O) groups excluding carboxylic acids is 3. The van der Waals surface area contributed by atoms with Crippen molar-refractivity contribution in [2.24, 2.45) is 0 Å². The molecule has 2 aromatic carbocycles. The number of hydrogen-bond donors (Lipinski definition) is 2. The monoisotopic (exact) mass is 440 g/mol. The first-order valence-electron chi connectivity index (χ1n) is 10.0. The number of carbonyl (C=O) groups is 4. The summed E-state index contributed by atoms with van der Waals surface area (Å²) in [5, 5.41) is 11.1. The number of benzene rings is 2. The Labute approximate surface area is 184 Å². The summed E-state index contributed by atoms with van der Waals surface area (Å²) in [7, 11) is 1.49. The molecular formula is C23H24N2O7. The van der Waals surface area contributed by atoms with Gasteiger partial charge >= 0.3 is 5.97 Å². The van der Waals surface area contributed by atoms with Crippen molar-refractivity contribution < 1.29 is 33.8 Å². The van der Waals surface area contributed by atoms with Crippen LogP contribution in [-0.4, -0.2) is 54.0 Å². The molecule has 0 aromatic heterocycles. The summed E-state index contributed by atoms with van der Waals surface area (Å²) >= 11 is 0. The van der Waals surface area contributed by atoms with Gasteiger partial charge in [-0.1, -0.05) is 18.2 Å². The van der Waals surface area contributed by atoms with E-state index < -0.39 is 36.3 Å². The number of nitrogens with zero attached hydrogens (tertiary/aromatic N) is 1. The molecule has 9 heteroatoms. The summed E-state index contributed by atoms with van der Waals surface area (Å²) in [6, 6.07) is 8.93. The summed E-state index contributed by atoms with van der Waals surface area (Å²) in [5.74, 6) is -1.97. The molecule has 0 radical (unpaired) electrons. The number of hydrogen-bond acceptors (Lipinski definition) is 6.